The molecule has 0 aliphatic heterocycles. The minimum atomic E-state index is -0.0245. The number of nitrogens with zero attached hydrogens (tertiary/aromatic N) is 3. The summed E-state index contributed by atoms with van der Waals surface area (Å²) in [5.41, 5.74) is 0.819. The molecule has 1 aromatic carbocycles. The van der Waals surface area contributed by atoms with Gasteiger partial charge in [-0.05, 0) is 17.7 Å². The maximum Gasteiger partial charge on any atom is 0.257 e. The molecule has 0 fully saturated rings. The molecule has 4 nitrogen and oxygen atoms in total. The van der Waals surface area contributed by atoms with Crippen LogP contribution in [-0.2, 0) is 6.61 Å². The second-order valence-electron chi connectivity index (χ2n) is 3.06. The van der Waals surface area contributed by atoms with Gasteiger partial charge in [0, 0.05) is 10.6 Å². The highest BCUT2D eigenvalue weighted by molar-refractivity contribution is 6.31. The normalized spacial score (nSPS) is 10.3. The van der Waals surface area contributed by atoms with Crippen LogP contribution in [0.1, 0.15) is 5.56 Å². The predicted molar refractivity (Wildman–Crippen MR) is 65.6 cm³/mol. The molecule has 0 aliphatic rings. The molecule has 0 saturated heterocycles. The summed E-state index contributed by atoms with van der Waals surface area (Å²) in [5, 5.41) is 7.70. The lowest BCUT2D eigenvalue weighted by Gasteiger charge is -2.07. The van der Waals surface area contributed by atoms with E-state index in [4.69, 9.17) is 39.5 Å². The van der Waals surface area contributed by atoms with E-state index in [9.17, 15) is 0 Å². The van der Waals surface area contributed by atoms with Crippen molar-refractivity contribution in [2.45, 2.75) is 6.61 Å². The Morgan fingerprint density at radius 2 is 1.82 bits per heavy atom. The van der Waals surface area contributed by atoms with Crippen molar-refractivity contribution < 1.29 is 4.74 Å². The summed E-state index contributed by atoms with van der Waals surface area (Å²) in [6.45, 7) is 0.231. The van der Waals surface area contributed by atoms with Crippen molar-refractivity contribution in [1.82, 2.24) is 15.2 Å². The SMILES string of the molecule is Clc1nnc(Cl)c(OCc2ccccc2Cl)n1. The largest absolute Gasteiger partial charge is 0.470 e. The first-order valence-corrected chi connectivity index (χ1v) is 5.72. The lowest BCUT2D eigenvalue weighted by Crippen LogP contribution is -2.01. The van der Waals surface area contributed by atoms with Gasteiger partial charge in [0.25, 0.3) is 5.88 Å². The molecule has 2 rings (SSSR count). The molecule has 0 bridgehead atoms. The predicted octanol–water partition coefficient (Wildman–Crippen LogP) is 3.41. The zero-order chi connectivity index (χ0) is 12.3. The number of hydrogen-bond acceptors (Lipinski definition) is 4. The van der Waals surface area contributed by atoms with Crippen LogP contribution in [0, 0.1) is 0 Å². The van der Waals surface area contributed by atoms with E-state index < -0.39 is 0 Å². The van der Waals surface area contributed by atoms with E-state index in [1.165, 1.54) is 0 Å². The second kappa shape index (κ2) is 5.49. The second-order valence-corrected chi connectivity index (χ2v) is 4.16. The Morgan fingerprint density at radius 1 is 1.06 bits per heavy atom. The lowest BCUT2D eigenvalue weighted by molar-refractivity contribution is 0.291. The summed E-state index contributed by atoms with van der Waals surface area (Å²) >= 11 is 17.3. The Hall–Kier alpha value is -1.10. The van der Waals surface area contributed by atoms with Crippen LogP contribution in [-0.4, -0.2) is 15.2 Å². The molecule has 0 atom stereocenters. The molecule has 1 aromatic heterocycles. The van der Waals surface area contributed by atoms with Crippen molar-refractivity contribution in [1.29, 1.82) is 0 Å². The fourth-order valence-electron chi connectivity index (χ4n) is 1.13. The van der Waals surface area contributed by atoms with Crippen LogP contribution in [0.5, 0.6) is 5.88 Å². The van der Waals surface area contributed by atoms with E-state index in [1.807, 2.05) is 18.2 Å². The molecule has 88 valence electrons. The Bertz CT molecular complexity index is 536. The summed E-state index contributed by atoms with van der Waals surface area (Å²) in [7, 11) is 0. The molecule has 17 heavy (non-hydrogen) atoms. The Kier molecular flexibility index (Phi) is 3.99. The van der Waals surface area contributed by atoms with Crippen molar-refractivity contribution in [2.75, 3.05) is 0 Å². The van der Waals surface area contributed by atoms with Gasteiger partial charge < -0.3 is 4.74 Å². The summed E-state index contributed by atoms with van der Waals surface area (Å²) in [5.74, 6) is 0.131. The minimum Gasteiger partial charge on any atom is -0.470 e. The molecule has 1 heterocycles. The average Bonchev–Trinajstić information content (AvgIpc) is 2.32. The molecule has 0 aliphatic carbocycles. The Balaban J connectivity index is 2.12. The van der Waals surface area contributed by atoms with E-state index in [0.717, 1.165) is 5.56 Å². The van der Waals surface area contributed by atoms with Gasteiger partial charge in [0.1, 0.15) is 6.61 Å². The van der Waals surface area contributed by atoms with Gasteiger partial charge in [-0.3, -0.25) is 0 Å². The molecule has 0 amide bonds. The summed E-state index contributed by atoms with van der Waals surface area (Å²) in [6.07, 6.45) is 0. The van der Waals surface area contributed by atoms with Crippen LogP contribution in [0.3, 0.4) is 0 Å². The van der Waals surface area contributed by atoms with E-state index in [-0.39, 0.29) is 22.9 Å². The van der Waals surface area contributed by atoms with Gasteiger partial charge in [-0.15, -0.1) is 10.2 Å². The number of ether oxygens (including phenoxy) is 1. The van der Waals surface area contributed by atoms with Crippen LogP contribution in [0.2, 0.25) is 15.5 Å². The van der Waals surface area contributed by atoms with E-state index in [0.29, 0.717) is 5.02 Å². The maximum absolute atomic E-state index is 5.97. The van der Waals surface area contributed by atoms with E-state index >= 15 is 0 Å². The van der Waals surface area contributed by atoms with Crippen molar-refractivity contribution >= 4 is 34.8 Å². The van der Waals surface area contributed by atoms with Crippen molar-refractivity contribution in [2.24, 2.45) is 0 Å². The number of hydrogen-bond donors (Lipinski definition) is 0. The first kappa shape index (κ1) is 12.4. The van der Waals surface area contributed by atoms with Crippen molar-refractivity contribution in [3.8, 4) is 5.88 Å². The van der Waals surface area contributed by atoms with Gasteiger partial charge in [0.2, 0.25) is 10.4 Å². The topological polar surface area (TPSA) is 47.9 Å². The van der Waals surface area contributed by atoms with E-state index in [1.54, 1.807) is 6.07 Å². The summed E-state index contributed by atoms with van der Waals surface area (Å²) < 4.78 is 5.37. The number of aromatic nitrogens is 3. The monoisotopic (exact) mass is 289 g/mol. The van der Waals surface area contributed by atoms with Gasteiger partial charge in [-0.2, -0.15) is 4.98 Å². The van der Waals surface area contributed by atoms with Crippen LogP contribution < -0.4 is 4.74 Å². The quantitative estimate of drug-likeness (QED) is 0.869. The minimum absolute atomic E-state index is 0.0245. The van der Waals surface area contributed by atoms with Crippen molar-refractivity contribution in [3.63, 3.8) is 0 Å². The molecule has 2 aromatic rings. The fourth-order valence-corrected chi connectivity index (χ4v) is 1.57. The Morgan fingerprint density at radius 3 is 2.59 bits per heavy atom. The number of halogens is 3. The first-order chi connectivity index (χ1) is 8.16. The van der Waals surface area contributed by atoms with Crippen LogP contribution in [0.25, 0.3) is 0 Å². The average molecular weight is 291 g/mol. The summed E-state index contributed by atoms with van der Waals surface area (Å²) in [4.78, 5) is 3.81. The third kappa shape index (κ3) is 3.19. The Labute approximate surface area is 113 Å². The first-order valence-electron chi connectivity index (χ1n) is 4.59. The van der Waals surface area contributed by atoms with E-state index in [2.05, 4.69) is 15.2 Å². The van der Waals surface area contributed by atoms with Gasteiger partial charge >= 0.3 is 0 Å². The molecule has 7 heteroatoms. The van der Waals surface area contributed by atoms with Gasteiger partial charge in [0.15, 0.2) is 0 Å². The third-order valence-electron chi connectivity index (χ3n) is 1.91. The molecular weight excluding hydrogens is 284 g/mol. The molecule has 0 radical (unpaired) electrons. The molecular formula is C10H6Cl3N3O. The van der Waals surface area contributed by atoms with Gasteiger partial charge in [0.05, 0.1) is 0 Å². The van der Waals surface area contributed by atoms with Crippen molar-refractivity contribution in [3.05, 3.63) is 45.3 Å². The summed E-state index contributed by atoms with van der Waals surface area (Å²) in [6, 6.07) is 7.30. The number of benzene rings is 1. The molecule has 0 N–H and O–H groups in total. The third-order valence-corrected chi connectivity index (χ3v) is 2.68. The lowest BCUT2D eigenvalue weighted by atomic mass is 10.2. The highest BCUT2D eigenvalue weighted by Crippen LogP contribution is 2.22. The van der Waals surface area contributed by atoms with Gasteiger partial charge in [-0.25, -0.2) is 0 Å². The molecule has 0 unspecified atom stereocenters. The van der Waals surface area contributed by atoms with Gasteiger partial charge in [-0.1, -0.05) is 41.4 Å². The maximum atomic E-state index is 5.97. The zero-order valence-corrected chi connectivity index (χ0v) is 10.7. The molecule has 0 saturated carbocycles. The smallest absolute Gasteiger partial charge is 0.257 e. The highest BCUT2D eigenvalue weighted by Gasteiger charge is 2.08. The molecule has 0 spiro atoms. The van der Waals surface area contributed by atoms with Crippen LogP contribution in [0.15, 0.2) is 24.3 Å². The highest BCUT2D eigenvalue weighted by atomic mass is 35.5. The number of rotatable bonds is 3. The van der Waals surface area contributed by atoms with Crippen LogP contribution >= 0.6 is 34.8 Å². The fraction of sp³-hybridized carbons (Fsp3) is 0.100. The zero-order valence-electron chi connectivity index (χ0n) is 8.40. The van der Waals surface area contributed by atoms with Crippen LogP contribution in [0.4, 0.5) is 0 Å². The standard InChI is InChI=1S/C10H6Cl3N3O/c11-7-4-2-1-3-6(7)5-17-9-8(12)15-16-10(13)14-9/h1-4H,5H2.